The second-order valence-corrected chi connectivity index (χ2v) is 5.54. The summed E-state index contributed by atoms with van der Waals surface area (Å²) in [6, 6.07) is 0.198. The smallest absolute Gasteiger partial charge is 0.233 e. The van der Waals surface area contributed by atoms with Crippen LogP contribution in [0, 0.1) is 5.92 Å². The first-order valence-corrected chi connectivity index (χ1v) is 7.07. The molecule has 2 rings (SSSR count). The Hall–Kier alpha value is -1.14. The molecule has 2 fully saturated rings. The molecule has 1 heterocycles. The van der Waals surface area contributed by atoms with Gasteiger partial charge in [0, 0.05) is 45.2 Å². The topological polar surface area (TPSA) is 78.7 Å². The second kappa shape index (κ2) is 6.34. The van der Waals surface area contributed by atoms with Crippen molar-refractivity contribution in [1.29, 1.82) is 0 Å². The summed E-state index contributed by atoms with van der Waals surface area (Å²) >= 11 is 0. The van der Waals surface area contributed by atoms with Crippen molar-refractivity contribution >= 4 is 11.8 Å². The number of hydrogen-bond acceptors (Lipinski definition) is 4. The number of carbonyl (C=O) groups excluding carboxylic acids is 2. The molecule has 0 bridgehead atoms. The van der Waals surface area contributed by atoms with Gasteiger partial charge in [-0.05, 0) is 19.3 Å². The van der Waals surface area contributed by atoms with Crippen LogP contribution in [0.1, 0.15) is 19.3 Å². The van der Waals surface area contributed by atoms with Gasteiger partial charge in [0.1, 0.15) is 0 Å². The third-order valence-corrected chi connectivity index (χ3v) is 4.15. The minimum atomic E-state index is 0.0292. The first-order valence-electron chi connectivity index (χ1n) is 7.07. The fourth-order valence-corrected chi connectivity index (χ4v) is 2.91. The average molecular weight is 268 g/mol. The Morgan fingerprint density at radius 1 is 1.21 bits per heavy atom. The zero-order valence-electron chi connectivity index (χ0n) is 11.6. The number of hydrogen-bond donors (Lipinski definition) is 2. The van der Waals surface area contributed by atoms with Crippen LogP contribution in [-0.4, -0.2) is 67.4 Å². The standard InChI is InChI=1S/C13H24N4O2/c1-15-12(18)9-16-4-6-17(7-5-16)13(19)10-2-3-11(14)8-10/h10-11H,2-9,14H2,1H3,(H,15,18). The van der Waals surface area contributed by atoms with Crippen LogP contribution in [0.4, 0.5) is 0 Å². The van der Waals surface area contributed by atoms with Gasteiger partial charge in [-0.1, -0.05) is 0 Å². The number of rotatable bonds is 3. The van der Waals surface area contributed by atoms with Gasteiger partial charge >= 0.3 is 0 Å². The van der Waals surface area contributed by atoms with E-state index in [0.29, 0.717) is 6.54 Å². The van der Waals surface area contributed by atoms with E-state index in [1.165, 1.54) is 0 Å². The molecule has 2 atom stereocenters. The molecule has 0 aromatic carbocycles. The highest BCUT2D eigenvalue weighted by Crippen LogP contribution is 2.26. The third kappa shape index (κ3) is 3.67. The molecule has 3 N–H and O–H groups in total. The summed E-state index contributed by atoms with van der Waals surface area (Å²) in [6.07, 6.45) is 2.72. The SMILES string of the molecule is CNC(=O)CN1CCN(C(=O)C2CCC(N)C2)CC1. The quantitative estimate of drug-likeness (QED) is 0.688. The van der Waals surface area contributed by atoms with Gasteiger partial charge in [-0.15, -0.1) is 0 Å². The maximum Gasteiger partial charge on any atom is 0.233 e. The molecule has 108 valence electrons. The van der Waals surface area contributed by atoms with Gasteiger partial charge in [-0.3, -0.25) is 14.5 Å². The Morgan fingerprint density at radius 2 is 1.89 bits per heavy atom. The Bertz CT molecular complexity index is 340. The van der Waals surface area contributed by atoms with Crippen molar-refractivity contribution in [3.05, 3.63) is 0 Å². The number of likely N-dealkylation sites (N-methyl/N-ethyl adjacent to an activating group) is 1. The molecule has 0 aromatic heterocycles. The van der Waals surface area contributed by atoms with Crippen LogP contribution in [0.25, 0.3) is 0 Å². The van der Waals surface area contributed by atoms with Crippen LogP contribution in [0.3, 0.4) is 0 Å². The van der Waals surface area contributed by atoms with E-state index in [1.807, 2.05) is 4.90 Å². The monoisotopic (exact) mass is 268 g/mol. The van der Waals surface area contributed by atoms with E-state index in [0.717, 1.165) is 45.4 Å². The predicted molar refractivity (Wildman–Crippen MR) is 72.4 cm³/mol. The number of nitrogens with one attached hydrogen (secondary N) is 1. The molecule has 6 heteroatoms. The maximum atomic E-state index is 12.3. The van der Waals surface area contributed by atoms with Crippen molar-refractivity contribution in [1.82, 2.24) is 15.1 Å². The molecule has 1 aliphatic heterocycles. The molecule has 0 spiro atoms. The summed E-state index contributed by atoms with van der Waals surface area (Å²) in [5.41, 5.74) is 5.86. The highest BCUT2D eigenvalue weighted by atomic mass is 16.2. The third-order valence-electron chi connectivity index (χ3n) is 4.15. The molecule has 2 aliphatic rings. The number of piperazine rings is 1. The van der Waals surface area contributed by atoms with Crippen LogP contribution in [0.5, 0.6) is 0 Å². The minimum absolute atomic E-state index is 0.0292. The molecule has 1 aliphatic carbocycles. The van der Waals surface area contributed by atoms with Crippen LogP contribution < -0.4 is 11.1 Å². The first-order chi connectivity index (χ1) is 9.10. The Kier molecular flexibility index (Phi) is 4.76. The summed E-state index contributed by atoms with van der Waals surface area (Å²) in [5, 5.41) is 2.62. The molecule has 1 saturated heterocycles. The molecule has 0 aromatic rings. The normalized spacial score (nSPS) is 28.4. The van der Waals surface area contributed by atoms with Gasteiger partial charge in [-0.2, -0.15) is 0 Å². The van der Waals surface area contributed by atoms with E-state index in [2.05, 4.69) is 10.2 Å². The fraction of sp³-hybridized carbons (Fsp3) is 0.846. The average Bonchev–Trinajstić information content (AvgIpc) is 2.85. The summed E-state index contributed by atoms with van der Waals surface area (Å²) in [5.74, 6) is 0.412. The summed E-state index contributed by atoms with van der Waals surface area (Å²) in [7, 11) is 1.64. The Labute approximate surface area is 114 Å². The van der Waals surface area contributed by atoms with Gasteiger partial charge in [0.2, 0.25) is 11.8 Å². The zero-order valence-corrected chi connectivity index (χ0v) is 11.6. The molecule has 1 saturated carbocycles. The number of nitrogens with two attached hydrogens (primary N) is 1. The van der Waals surface area contributed by atoms with Crippen molar-refractivity contribution in [2.24, 2.45) is 11.7 Å². The van der Waals surface area contributed by atoms with Crippen LogP contribution >= 0.6 is 0 Å². The Balaban J connectivity index is 1.76. The first kappa shape index (κ1) is 14.3. The van der Waals surface area contributed by atoms with Gasteiger partial charge in [0.25, 0.3) is 0 Å². The van der Waals surface area contributed by atoms with Crippen molar-refractivity contribution in [2.45, 2.75) is 25.3 Å². The maximum absolute atomic E-state index is 12.3. The molecule has 2 unspecified atom stereocenters. The number of amides is 2. The van der Waals surface area contributed by atoms with Crippen LogP contribution in [0.2, 0.25) is 0 Å². The lowest BCUT2D eigenvalue weighted by molar-refractivity contribution is -0.137. The van der Waals surface area contributed by atoms with E-state index in [4.69, 9.17) is 5.73 Å². The predicted octanol–water partition coefficient (Wildman–Crippen LogP) is -0.996. The van der Waals surface area contributed by atoms with E-state index >= 15 is 0 Å². The van der Waals surface area contributed by atoms with Gasteiger partial charge in [0.05, 0.1) is 6.54 Å². The lowest BCUT2D eigenvalue weighted by Crippen LogP contribution is -2.52. The van der Waals surface area contributed by atoms with Gasteiger partial charge in [-0.25, -0.2) is 0 Å². The minimum Gasteiger partial charge on any atom is -0.358 e. The van der Waals surface area contributed by atoms with Crippen LogP contribution in [0.15, 0.2) is 0 Å². The molecule has 2 amide bonds. The van der Waals surface area contributed by atoms with Crippen molar-refractivity contribution in [3.8, 4) is 0 Å². The molecule has 0 radical (unpaired) electrons. The Morgan fingerprint density at radius 3 is 2.42 bits per heavy atom. The number of nitrogens with zero attached hydrogens (tertiary/aromatic N) is 2. The highest BCUT2D eigenvalue weighted by molar-refractivity contribution is 5.79. The molecular weight excluding hydrogens is 244 g/mol. The summed E-state index contributed by atoms with van der Waals surface area (Å²) in [6.45, 7) is 3.42. The molecular formula is C13H24N4O2. The lowest BCUT2D eigenvalue weighted by Gasteiger charge is -2.35. The van der Waals surface area contributed by atoms with Gasteiger partial charge in [0.15, 0.2) is 0 Å². The van der Waals surface area contributed by atoms with Crippen molar-refractivity contribution in [3.63, 3.8) is 0 Å². The van der Waals surface area contributed by atoms with E-state index in [9.17, 15) is 9.59 Å². The van der Waals surface area contributed by atoms with Crippen molar-refractivity contribution < 1.29 is 9.59 Å². The van der Waals surface area contributed by atoms with E-state index < -0.39 is 0 Å². The summed E-state index contributed by atoms with van der Waals surface area (Å²) < 4.78 is 0. The largest absolute Gasteiger partial charge is 0.358 e. The lowest BCUT2D eigenvalue weighted by atomic mass is 10.1. The van der Waals surface area contributed by atoms with Gasteiger partial charge < -0.3 is 16.0 Å². The summed E-state index contributed by atoms with van der Waals surface area (Å²) in [4.78, 5) is 27.6. The highest BCUT2D eigenvalue weighted by Gasteiger charge is 2.32. The zero-order chi connectivity index (χ0) is 13.8. The van der Waals surface area contributed by atoms with E-state index in [-0.39, 0.29) is 23.8 Å². The second-order valence-electron chi connectivity index (χ2n) is 5.54. The fourth-order valence-electron chi connectivity index (χ4n) is 2.91. The molecule has 19 heavy (non-hydrogen) atoms. The van der Waals surface area contributed by atoms with Crippen molar-refractivity contribution in [2.75, 3.05) is 39.8 Å². The number of carbonyl (C=O) groups is 2. The van der Waals surface area contributed by atoms with E-state index in [1.54, 1.807) is 7.05 Å². The molecule has 6 nitrogen and oxygen atoms in total. The van der Waals surface area contributed by atoms with Crippen LogP contribution in [-0.2, 0) is 9.59 Å².